The first-order chi connectivity index (χ1) is 10.9. The van der Waals surface area contributed by atoms with E-state index in [1.807, 2.05) is 13.8 Å². The average Bonchev–Trinajstić information content (AvgIpc) is 2.89. The number of anilines is 1. The van der Waals surface area contributed by atoms with E-state index in [1.54, 1.807) is 11.8 Å². The van der Waals surface area contributed by atoms with Gasteiger partial charge >= 0.3 is 0 Å². The Bertz CT molecular complexity index is 909. The highest BCUT2D eigenvalue weighted by Gasteiger charge is 2.17. The summed E-state index contributed by atoms with van der Waals surface area (Å²) >= 11 is 12.2. The van der Waals surface area contributed by atoms with Gasteiger partial charge in [0.25, 0.3) is 0 Å². The molecule has 2 N–H and O–H groups in total. The third-order valence-corrected chi connectivity index (χ3v) is 4.13. The van der Waals surface area contributed by atoms with Gasteiger partial charge in [-0.2, -0.15) is 9.97 Å². The van der Waals surface area contributed by atoms with Crippen LogP contribution in [0.3, 0.4) is 0 Å². The predicted octanol–water partition coefficient (Wildman–Crippen LogP) is 2.18. The lowest BCUT2D eigenvalue weighted by atomic mass is 10.1. The Hall–Kier alpha value is -2.19. The van der Waals surface area contributed by atoms with E-state index in [-0.39, 0.29) is 11.1 Å². The molecule has 0 atom stereocenters. The number of hydrogen-bond acceptors (Lipinski definition) is 7. The molecule has 0 aliphatic rings. The van der Waals surface area contributed by atoms with Crippen molar-refractivity contribution in [1.82, 2.24) is 29.9 Å². The van der Waals surface area contributed by atoms with Gasteiger partial charge in [0.15, 0.2) is 16.3 Å². The molecule has 0 saturated carbocycles. The number of nitrogens with zero attached hydrogens (tertiary/aromatic N) is 6. The summed E-state index contributed by atoms with van der Waals surface area (Å²) in [6, 6.07) is 0. The second-order valence-corrected chi connectivity index (χ2v) is 5.64. The molecule has 23 heavy (non-hydrogen) atoms. The zero-order chi connectivity index (χ0) is 16.7. The minimum atomic E-state index is 0.0512. The minimum absolute atomic E-state index is 0.0512. The first-order valence-electron chi connectivity index (χ1n) is 6.64. The Morgan fingerprint density at radius 2 is 1.83 bits per heavy atom. The number of nitrogens with two attached hydrogens (primary N) is 1. The van der Waals surface area contributed by atoms with Gasteiger partial charge in [0.05, 0.1) is 19.3 Å². The van der Waals surface area contributed by atoms with E-state index in [9.17, 15) is 0 Å². The van der Waals surface area contributed by atoms with Gasteiger partial charge < -0.3 is 10.5 Å². The Morgan fingerprint density at radius 1 is 1.09 bits per heavy atom. The Labute approximate surface area is 141 Å². The smallest absolute Gasteiger partial charge is 0.223 e. The van der Waals surface area contributed by atoms with E-state index in [0.29, 0.717) is 34.3 Å². The number of methoxy groups -OCH3 is 1. The van der Waals surface area contributed by atoms with E-state index < -0.39 is 0 Å². The van der Waals surface area contributed by atoms with E-state index in [4.69, 9.17) is 33.7 Å². The number of nitrogen functional groups attached to an aromatic ring is 1. The highest BCUT2D eigenvalue weighted by atomic mass is 35.5. The van der Waals surface area contributed by atoms with Gasteiger partial charge in [0, 0.05) is 11.1 Å². The molecule has 0 aliphatic heterocycles. The van der Waals surface area contributed by atoms with Gasteiger partial charge in [-0.05, 0) is 13.8 Å². The molecule has 120 valence electrons. The molecule has 0 spiro atoms. The van der Waals surface area contributed by atoms with E-state index in [1.165, 1.54) is 0 Å². The van der Waals surface area contributed by atoms with Gasteiger partial charge in [-0.25, -0.2) is 9.67 Å². The summed E-state index contributed by atoms with van der Waals surface area (Å²) in [6.45, 7) is 4.05. The van der Waals surface area contributed by atoms with Crippen molar-refractivity contribution in [2.45, 2.75) is 20.4 Å². The zero-order valence-electron chi connectivity index (χ0n) is 12.6. The normalized spacial score (nSPS) is 11.2. The zero-order valence-corrected chi connectivity index (χ0v) is 14.1. The summed E-state index contributed by atoms with van der Waals surface area (Å²) in [7, 11) is 1.59. The second kappa shape index (κ2) is 5.78. The summed E-state index contributed by atoms with van der Waals surface area (Å²) in [4.78, 5) is 12.4. The van der Waals surface area contributed by atoms with Gasteiger partial charge in [-0.1, -0.05) is 28.4 Å². The molecular formula is C13H13Cl2N7O. The fraction of sp³-hybridized carbons (Fsp3) is 0.308. The largest absolute Gasteiger partial charge is 0.496 e. The lowest BCUT2D eigenvalue weighted by molar-refractivity contribution is 0.406. The van der Waals surface area contributed by atoms with Crippen molar-refractivity contribution in [3.05, 3.63) is 27.1 Å². The molecule has 0 unspecified atom stereocenters. The van der Waals surface area contributed by atoms with Gasteiger partial charge in [0.1, 0.15) is 10.9 Å². The molecule has 0 amide bonds. The van der Waals surface area contributed by atoms with Crippen LogP contribution in [-0.4, -0.2) is 37.1 Å². The van der Waals surface area contributed by atoms with Gasteiger partial charge in [0.2, 0.25) is 5.95 Å². The lowest BCUT2D eigenvalue weighted by Crippen LogP contribution is -2.09. The Balaban J connectivity index is 2.12. The maximum atomic E-state index is 6.18. The number of ether oxygens (including phenoxy) is 1. The van der Waals surface area contributed by atoms with E-state index in [0.717, 1.165) is 11.1 Å². The third-order valence-electron chi connectivity index (χ3n) is 3.50. The molecule has 3 rings (SSSR count). The topological polar surface area (TPSA) is 105 Å². The van der Waals surface area contributed by atoms with Gasteiger partial charge in [-0.3, -0.25) is 0 Å². The molecule has 0 bridgehead atoms. The van der Waals surface area contributed by atoms with Crippen LogP contribution in [0.1, 0.15) is 16.8 Å². The Kier molecular flexibility index (Phi) is 3.95. The lowest BCUT2D eigenvalue weighted by Gasteiger charge is -2.13. The van der Waals surface area contributed by atoms with Crippen LogP contribution in [0.4, 0.5) is 5.95 Å². The highest BCUT2D eigenvalue weighted by Crippen LogP contribution is 2.30. The van der Waals surface area contributed by atoms with Crippen molar-refractivity contribution in [2.24, 2.45) is 0 Å². The highest BCUT2D eigenvalue weighted by molar-refractivity contribution is 6.33. The molecule has 0 aliphatic carbocycles. The summed E-state index contributed by atoms with van der Waals surface area (Å²) in [6.07, 6.45) is 0. The van der Waals surface area contributed by atoms with Crippen molar-refractivity contribution in [3.63, 3.8) is 0 Å². The van der Waals surface area contributed by atoms with Crippen LogP contribution in [0, 0.1) is 13.8 Å². The van der Waals surface area contributed by atoms with Crippen LogP contribution in [0.15, 0.2) is 0 Å². The molecule has 0 fully saturated rings. The molecule has 0 aromatic carbocycles. The molecule has 0 radical (unpaired) electrons. The summed E-state index contributed by atoms with van der Waals surface area (Å²) in [5.74, 6) is 0.742. The maximum Gasteiger partial charge on any atom is 0.223 e. The maximum absolute atomic E-state index is 6.18. The van der Waals surface area contributed by atoms with E-state index in [2.05, 4.69) is 25.3 Å². The molecule has 3 aromatic rings. The number of hydrogen-bond donors (Lipinski definition) is 1. The number of halogens is 2. The van der Waals surface area contributed by atoms with Crippen LogP contribution < -0.4 is 10.5 Å². The van der Waals surface area contributed by atoms with Crippen molar-refractivity contribution >= 4 is 40.3 Å². The number of aromatic nitrogens is 6. The number of pyridine rings is 1. The first kappa shape index (κ1) is 15.7. The third kappa shape index (κ3) is 2.64. The first-order valence-corrected chi connectivity index (χ1v) is 7.39. The summed E-state index contributed by atoms with van der Waals surface area (Å²) < 4.78 is 6.95. The summed E-state index contributed by atoms with van der Waals surface area (Å²) in [5, 5.41) is 8.55. The number of fused-ring (bicyclic) bond motifs is 1. The van der Waals surface area contributed by atoms with Crippen LogP contribution in [-0.2, 0) is 6.54 Å². The molecule has 3 heterocycles. The van der Waals surface area contributed by atoms with Crippen molar-refractivity contribution < 1.29 is 4.74 Å². The SMILES string of the molecule is COc1c(C)c(Cl)nc(Cn2nnc3c(Cl)nc(N)nc32)c1C. The average molecular weight is 354 g/mol. The summed E-state index contributed by atoms with van der Waals surface area (Å²) in [5.41, 5.74) is 8.79. The molecule has 10 heteroatoms. The van der Waals surface area contributed by atoms with Crippen LogP contribution >= 0.6 is 23.2 Å². The fourth-order valence-electron chi connectivity index (χ4n) is 2.34. The van der Waals surface area contributed by atoms with Gasteiger partial charge in [-0.15, -0.1) is 5.10 Å². The quantitative estimate of drug-likeness (QED) is 0.568. The molecule has 8 nitrogen and oxygen atoms in total. The second-order valence-electron chi connectivity index (χ2n) is 4.92. The minimum Gasteiger partial charge on any atom is -0.496 e. The van der Waals surface area contributed by atoms with Crippen molar-refractivity contribution in [3.8, 4) is 5.75 Å². The molecule has 0 saturated heterocycles. The van der Waals surface area contributed by atoms with Crippen LogP contribution in [0.25, 0.3) is 11.2 Å². The van der Waals surface area contributed by atoms with E-state index >= 15 is 0 Å². The monoisotopic (exact) mass is 353 g/mol. The molecular weight excluding hydrogens is 341 g/mol. The van der Waals surface area contributed by atoms with Crippen LogP contribution in [0.2, 0.25) is 10.3 Å². The van der Waals surface area contributed by atoms with Crippen LogP contribution in [0.5, 0.6) is 5.75 Å². The van der Waals surface area contributed by atoms with Crippen molar-refractivity contribution in [1.29, 1.82) is 0 Å². The standard InChI is InChI=1S/C13H13Cl2N7O/c1-5-7(17-10(14)6(2)9(5)23-3)4-22-12-8(20-21-22)11(15)18-13(16)19-12/h4H2,1-3H3,(H2,16,18,19). The number of rotatable bonds is 3. The Morgan fingerprint density at radius 3 is 2.52 bits per heavy atom. The fourth-order valence-corrected chi connectivity index (χ4v) is 2.74. The predicted molar refractivity (Wildman–Crippen MR) is 86.9 cm³/mol. The van der Waals surface area contributed by atoms with Crippen molar-refractivity contribution in [2.75, 3.05) is 12.8 Å². The molecule has 3 aromatic heterocycles.